The van der Waals surface area contributed by atoms with E-state index in [1.807, 2.05) is 35.7 Å². The van der Waals surface area contributed by atoms with Crippen LogP contribution in [0.4, 0.5) is 4.79 Å². The maximum absolute atomic E-state index is 12.2. The van der Waals surface area contributed by atoms with E-state index in [0.29, 0.717) is 19.6 Å². The minimum atomic E-state index is -1.20. The number of nitrogens with zero attached hydrogens (tertiary/aromatic N) is 1. The monoisotopic (exact) mass is 469 g/mol. The van der Waals surface area contributed by atoms with Crippen molar-refractivity contribution in [3.63, 3.8) is 0 Å². The van der Waals surface area contributed by atoms with Crippen LogP contribution < -0.4 is 4.74 Å². The van der Waals surface area contributed by atoms with Crippen LogP contribution in [0.25, 0.3) is 0 Å². The number of thiophene rings is 1. The fourth-order valence-corrected chi connectivity index (χ4v) is 4.28. The Hall–Kier alpha value is -1.31. The summed E-state index contributed by atoms with van der Waals surface area (Å²) in [5, 5.41) is 2.04. The summed E-state index contributed by atoms with van der Waals surface area (Å²) in [6.45, 7) is 7.89. The van der Waals surface area contributed by atoms with Gasteiger partial charge in [0.1, 0.15) is 11.9 Å². The molecular weight excluding hydrogens is 442 g/mol. The first kappa shape index (κ1) is 22.0. The molecule has 1 aromatic heterocycles. The molecule has 1 amide bonds. The van der Waals surface area contributed by atoms with E-state index in [9.17, 15) is 4.79 Å². The van der Waals surface area contributed by atoms with Gasteiger partial charge in [0, 0.05) is 37.4 Å². The van der Waals surface area contributed by atoms with Crippen molar-refractivity contribution in [1.82, 2.24) is 4.90 Å². The van der Waals surface area contributed by atoms with Crippen molar-refractivity contribution in [2.45, 2.75) is 38.2 Å². The number of carbonyl (C=O) groups is 1. The van der Waals surface area contributed by atoms with Crippen LogP contribution in [-0.4, -0.2) is 39.3 Å². The normalized spacial score (nSPS) is 12.5. The first-order chi connectivity index (χ1) is 12.7. The van der Waals surface area contributed by atoms with E-state index in [1.54, 1.807) is 23.3 Å². The summed E-state index contributed by atoms with van der Waals surface area (Å²) in [5.74, 6) is 0.808. The molecule has 0 N–H and O–H groups in total. The molecule has 27 heavy (non-hydrogen) atoms. The van der Waals surface area contributed by atoms with Gasteiger partial charge in [-0.05, 0) is 35.7 Å². The first-order valence-corrected chi connectivity index (χ1v) is 14.5. The second-order valence-electron chi connectivity index (χ2n) is 7.71. The minimum absolute atomic E-state index is 0.100. The molecule has 0 saturated heterocycles. The Labute approximate surface area is 175 Å². The average Bonchev–Trinajstić information content (AvgIpc) is 3.11. The molecule has 0 unspecified atom stereocenters. The molecule has 0 aliphatic rings. The molecule has 2 rings (SSSR count). The van der Waals surface area contributed by atoms with Crippen molar-refractivity contribution < 1.29 is 14.3 Å². The third-order valence-corrected chi connectivity index (χ3v) is 7.21. The fraction of sp³-hybridized carbons (Fsp3) is 0.450. The van der Waals surface area contributed by atoms with Crippen LogP contribution in [0.2, 0.25) is 25.7 Å². The molecule has 2 aromatic rings. The molecule has 0 spiro atoms. The Morgan fingerprint density at radius 2 is 2.04 bits per heavy atom. The molecule has 0 saturated carbocycles. The van der Waals surface area contributed by atoms with Gasteiger partial charge in [-0.25, -0.2) is 4.79 Å². The number of carbonyl (C=O) groups excluding carboxylic acids is 1. The predicted octanol–water partition coefficient (Wildman–Crippen LogP) is 6.43. The van der Waals surface area contributed by atoms with E-state index in [2.05, 4.69) is 41.6 Å². The Kier molecular flexibility index (Phi) is 8.38. The van der Waals surface area contributed by atoms with Gasteiger partial charge in [0.05, 0.1) is 6.61 Å². The number of rotatable bonds is 9. The SMILES string of the molecule is CN(CC[C@H](Oc1cccc(Br)c1)c1cccs1)C(=O)OCC[Si](C)(C)C. The first-order valence-electron chi connectivity index (χ1n) is 9.08. The van der Waals surface area contributed by atoms with Crippen LogP contribution in [0.1, 0.15) is 17.4 Å². The Morgan fingerprint density at radius 3 is 2.67 bits per heavy atom. The molecule has 1 heterocycles. The van der Waals surface area contributed by atoms with E-state index in [1.165, 1.54) is 0 Å². The van der Waals surface area contributed by atoms with Gasteiger partial charge < -0.3 is 14.4 Å². The van der Waals surface area contributed by atoms with Gasteiger partial charge in [-0.1, -0.05) is 47.7 Å². The van der Waals surface area contributed by atoms with Gasteiger partial charge in [-0.15, -0.1) is 11.3 Å². The second kappa shape index (κ2) is 10.3. The van der Waals surface area contributed by atoms with Crippen LogP contribution in [0.5, 0.6) is 5.75 Å². The molecule has 0 bridgehead atoms. The van der Waals surface area contributed by atoms with Crippen molar-refractivity contribution in [3.05, 3.63) is 51.1 Å². The van der Waals surface area contributed by atoms with Gasteiger partial charge >= 0.3 is 6.09 Å². The predicted molar refractivity (Wildman–Crippen MR) is 119 cm³/mol. The lowest BCUT2D eigenvalue weighted by molar-refractivity contribution is 0.108. The lowest BCUT2D eigenvalue weighted by Crippen LogP contribution is -2.31. The summed E-state index contributed by atoms with van der Waals surface area (Å²) < 4.78 is 12.6. The molecular formula is C20H28BrNO3SSi. The zero-order valence-electron chi connectivity index (χ0n) is 16.4. The lowest BCUT2D eigenvalue weighted by Gasteiger charge is -2.23. The Morgan fingerprint density at radius 1 is 1.26 bits per heavy atom. The molecule has 4 nitrogen and oxygen atoms in total. The number of hydrogen-bond donors (Lipinski definition) is 0. The standard InChI is InChI=1S/C20H28BrNO3SSi/c1-22(20(23)24-12-14-27(2,3)4)11-10-18(19-9-6-13-26-19)25-17-8-5-7-16(21)15-17/h5-9,13,15,18H,10-12,14H2,1-4H3/t18-/m0/s1. The quantitative estimate of drug-likeness (QED) is 0.397. The Bertz CT molecular complexity index is 718. The highest BCUT2D eigenvalue weighted by Crippen LogP contribution is 2.29. The van der Waals surface area contributed by atoms with Crippen LogP contribution in [0, 0.1) is 0 Å². The highest BCUT2D eigenvalue weighted by atomic mass is 79.9. The summed E-state index contributed by atoms with van der Waals surface area (Å²) >= 11 is 5.14. The molecule has 0 aliphatic heterocycles. The van der Waals surface area contributed by atoms with Crippen LogP contribution in [0.15, 0.2) is 46.3 Å². The van der Waals surface area contributed by atoms with Gasteiger partial charge in [-0.2, -0.15) is 0 Å². The second-order valence-corrected chi connectivity index (χ2v) is 15.2. The summed E-state index contributed by atoms with van der Waals surface area (Å²) in [5.41, 5.74) is 0. The van der Waals surface area contributed by atoms with Crippen molar-refractivity contribution in [2.75, 3.05) is 20.2 Å². The van der Waals surface area contributed by atoms with Crippen LogP contribution in [0.3, 0.4) is 0 Å². The summed E-state index contributed by atoms with van der Waals surface area (Å²) in [6, 6.07) is 12.9. The van der Waals surface area contributed by atoms with Crippen LogP contribution in [-0.2, 0) is 4.74 Å². The maximum atomic E-state index is 12.2. The van der Waals surface area contributed by atoms with E-state index >= 15 is 0 Å². The molecule has 0 radical (unpaired) electrons. The molecule has 7 heteroatoms. The minimum Gasteiger partial charge on any atom is -0.485 e. The Balaban J connectivity index is 1.90. The van der Waals surface area contributed by atoms with Crippen molar-refractivity contribution in [1.29, 1.82) is 0 Å². The lowest BCUT2D eigenvalue weighted by atomic mass is 10.2. The highest BCUT2D eigenvalue weighted by molar-refractivity contribution is 9.10. The largest absolute Gasteiger partial charge is 0.485 e. The van der Waals surface area contributed by atoms with E-state index in [-0.39, 0.29) is 12.2 Å². The third-order valence-electron chi connectivity index (χ3n) is 4.05. The number of hydrogen-bond acceptors (Lipinski definition) is 4. The number of halogens is 1. The maximum Gasteiger partial charge on any atom is 0.409 e. The van der Waals surface area contributed by atoms with Crippen LogP contribution >= 0.6 is 27.3 Å². The topological polar surface area (TPSA) is 38.8 Å². The summed E-state index contributed by atoms with van der Waals surface area (Å²) in [7, 11) is 0.581. The number of amides is 1. The van der Waals surface area contributed by atoms with Gasteiger partial charge in [0.15, 0.2) is 0 Å². The number of ether oxygens (including phenoxy) is 2. The van der Waals surface area contributed by atoms with Gasteiger partial charge in [-0.3, -0.25) is 0 Å². The smallest absolute Gasteiger partial charge is 0.409 e. The van der Waals surface area contributed by atoms with Crippen molar-refractivity contribution in [2.24, 2.45) is 0 Å². The molecule has 1 atom stereocenters. The summed E-state index contributed by atoms with van der Waals surface area (Å²) in [6.07, 6.45) is 0.337. The zero-order valence-corrected chi connectivity index (χ0v) is 19.8. The molecule has 1 aromatic carbocycles. The zero-order chi connectivity index (χ0) is 19.9. The third kappa shape index (κ3) is 8.07. The summed E-state index contributed by atoms with van der Waals surface area (Å²) in [4.78, 5) is 15.0. The molecule has 0 aliphatic carbocycles. The fourth-order valence-electron chi connectivity index (χ4n) is 2.40. The van der Waals surface area contributed by atoms with E-state index < -0.39 is 8.07 Å². The van der Waals surface area contributed by atoms with E-state index in [4.69, 9.17) is 9.47 Å². The van der Waals surface area contributed by atoms with Crippen molar-refractivity contribution in [3.8, 4) is 5.75 Å². The van der Waals surface area contributed by atoms with Gasteiger partial charge in [0.25, 0.3) is 0 Å². The average molecular weight is 471 g/mol. The van der Waals surface area contributed by atoms with E-state index in [0.717, 1.165) is 21.1 Å². The van der Waals surface area contributed by atoms with Gasteiger partial charge in [0.2, 0.25) is 0 Å². The van der Waals surface area contributed by atoms with Crippen molar-refractivity contribution >= 4 is 41.4 Å². The molecule has 148 valence electrons. The highest BCUT2D eigenvalue weighted by Gasteiger charge is 2.19. The number of benzene rings is 1. The molecule has 0 fully saturated rings.